The van der Waals surface area contributed by atoms with E-state index in [4.69, 9.17) is 5.11 Å². The molecule has 0 saturated carbocycles. The number of carbonyl (C=O) groups excluding carboxylic acids is 2. The number of benzene rings is 1. The van der Waals surface area contributed by atoms with Gasteiger partial charge in [-0.25, -0.2) is 0 Å². The third-order valence-corrected chi connectivity index (χ3v) is 2.68. The van der Waals surface area contributed by atoms with E-state index in [0.717, 1.165) is 12.5 Å². The van der Waals surface area contributed by atoms with Crippen molar-refractivity contribution in [2.24, 2.45) is 0 Å². The van der Waals surface area contributed by atoms with E-state index in [2.05, 4.69) is 5.32 Å². The lowest BCUT2D eigenvalue weighted by Gasteiger charge is -2.15. The summed E-state index contributed by atoms with van der Waals surface area (Å²) < 4.78 is 0. The zero-order valence-corrected chi connectivity index (χ0v) is 11.7. The number of Topliss-reactive ketones (excluding diaryl/α,β-unsaturated/α-hetero) is 1. The van der Waals surface area contributed by atoms with Crippen LogP contribution in [0, 0.1) is 0 Å². The summed E-state index contributed by atoms with van der Waals surface area (Å²) in [5.74, 6) is -0.824. The van der Waals surface area contributed by atoms with Crippen LogP contribution in [-0.4, -0.2) is 53.5 Å². The first-order chi connectivity index (χ1) is 9.43. The maximum Gasteiger partial charge on any atom is 0.234 e. The number of phenols is 2. The number of rotatable bonds is 7. The normalized spacial score (nSPS) is 10.6. The molecule has 0 saturated heterocycles. The number of nitrogens with zero attached hydrogens (tertiary/aromatic N) is 1. The Morgan fingerprint density at radius 3 is 2.55 bits per heavy atom. The van der Waals surface area contributed by atoms with Crippen molar-refractivity contribution < 1.29 is 19.8 Å². The standard InChI is InChI=1S/C14H20N2O4/c1-3-6-15-14(20)9-16(2)8-13(19)11-5-4-10(17)7-12(11)18/h4-5,7,17-18H,3,6,8-9H2,1-2H3,(H,15,20). The molecule has 1 aromatic rings. The van der Waals surface area contributed by atoms with Gasteiger partial charge < -0.3 is 15.5 Å². The second-order valence-electron chi connectivity index (χ2n) is 4.65. The molecule has 0 aliphatic heterocycles. The van der Waals surface area contributed by atoms with Crippen molar-refractivity contribution in [2.75, 3.05) is 26.7 Å². The summed E-state index contributed by atoms with van der Waals surface area (Å²) in [5, 5.41) is 21.5. The van der Waals surface area contributed by atoms with Crippen molar-refractivity contribution in [1.29, 1.82) is 0 Å². The van der Waals surface area contributed by atoms with E-state index in [0.29, 0.717) is 6.54 Å². The number of ketones is 1. The number of hydrogen-bond acceptors (Lipinski definition) is 5. The minimum Gasteiger partial charge on any atom is -0.508 e. The zero-order valence-electron chi connectivity index (χ0n) is 11.7. The lowest BCUT2D eigenvalue weighted by atomic mass is 10.1. The summed E-state index contributed by atoms with van der Waals surface area (Å²) in [6, 6.07) is 3.81. The topological polar surface area (TPSA) is 89.9 Å². The second kappa shape index (κ2) is 7.49. The van der Waals surface area contributed by atoms with Gasteiger partial charge in [0.2, 0.25) is 5.91 Å². The van der Waals surface area contributed by atoms with E-state index >= 15 is 0 Å². The summed E-state index contributed by atoms with van der Waals surface area (Å²) in [6.45, 7) is 2.70. The summed E-state index contributed by atoms with van der Waals surface area (Å²) in [7, 11) is 1.65. The molecule has 0 spiro atoms. The van der Waals surface area contributed by atoms with E-state index in [1.807, 2.05) is 6.92 Å². The SMILES string of the molecule is CCCNC(=O)CN(C)CC(=O)c1ccc(O)cc1O. The second-order valence-corrected chi connectivity index (χ2v) is 4.65. The number of likely N-dealkylation sites (N-methyl/N-ethyl adjacent to an activating group) is 1. The van der Waals surface area contributed by atoms with Crippen molar-refractivity contribution >= 4 is 11.7 Å². The molecule has 0 aliphatic carbocycles. The van der Waals surface area contributed by atoms with Crippen molar-refractivity contribution in [3.8, 4) is 11.5 Å². The number of phenolic OH excluding ortho intramolecular Hbond substituents is 2. The highest BCUT2D eigenvalue weighted by Crippen LogP contribution is 2.22. The highest BCUT2D eigenvalue weighted by molar-refractivity contribution is 6.00. The highest BCUT2D eigenvalue weighted by Gasteiger charge is 2.15. The maximum atomic E-state index is 12.0. The van der Waals surface area contributed by atoms with Crippen LogP contribution >= 0.6 is 0 Å². The summed E-state index contributed by atoms with van der Waals surface area (Å²) >= 11 is 0. The predicted molar refractivity (Wildman–Crippen MR) is 74.9 cm³/mol. The lowest BCUT2D eigenvalue weighted by Crippen LogP contribution is -2.37. The van der Waals surface area contributed by atoms with Gasteiger partial charge in [-0.2, -0.15) is 0 Å². The molecule has 20 heavy (non-hydrogen) atoms. The molecule has 6 heteroatoms. The molecule has 0 aliphatic rings. The Kier molecular flexibility index (Phi) is 5.99. The van der Waals surface area contributed by atoms with Gasteiger partial charge >= 0.3 is 0 Å². The number of hydrogen-bond donors (Lipinski definition) is 3. The molecule has 0 atom stereocenters. The molecule has 0 radical (unpaired) electrons. The van der Waals surface area contributed by atoms with Crippen LogP contribution in [0.25, 0.3) is 0 Å². The molecular weight excluding hydrogens is 260 g/mol. The zero-order chi connectivity index (χ0) is 15.1. The van der Waals surface area contributed by atoms with Gasteiger partial charge in [-0.3, -0.25) is 14.5 Å². The Bertz CT molecular complexity index is 488. The number of nitrogens with one attached hydrogen (secondary N) is 1. The minimum atomic E-state index is -0.312. The van der Waals surface area contributed by atoms with E-state index < -0.39 is 0 Å². The fourth-order valence-electron chi connectivity index (χ4n) is 1.71. The molecule has 0 fully saturated rings. The quantitative estimate of drug-likeness (QED) is 0.641. The van der Waals surface area contributed by atoms with Crippen molar-refractivity contribution in [3.63, 3.8) is 0 Å². The Hall–Kier alpha value is -2.08. The van der Waals surface area contributed by atoms with Crippen LogP contribution in [0.15, 0.2) is 18.2 Å². The Labute approximate surface area is 118 Å². The molecule has 3 N–H and O–H groups in total. The summed E-state index contributed by atoms with van der Waals surface area (Å²) in [4.78, 5) is 25.0. The van der Waals surface area contributed by atoms with Gasteiger partial charge in [0.1, 0.15) is 11.5 Å². The third-order valence-electron chi connectivity index (χ3n) is 2.68. The Morgan fingerprint density at radius 2 is 1.95 bits per heavy atom. The average Bonchev–Trinajstić information content (AvgIpc) is 2.35. The van der Waals surface area contributed by atoms with Gasteiger partial charge in [-0.15, -0.1) is 0 Å². The maximum absolute atomic E-state index is 12.0. The highest BCUT2D eigenvalue weighted by atomic mass is 16.3. The fraction of sp³-hybridized carbons (Fsp3) is 0.429. The van der Waals surface area contributed by atoms with Crippen molar-refractivity contribution in [3.05, 3.63) is 23.8 Å². The first-order valence-corrected chi connectivity index (χ1v) is 6.44. The van der Waals surface area contributed by atoms with Crippen LogP contribution < -0.4 is 5.32 Å². The molecule has 0 aromatic heterocycles. The van der Waals surface area contributed by atoms with Crippen LogP contribution in [0.1, 0.15) is 23.7 Å². The van der Waals surface area contributed by atoms with Gasteiger partial charge in [-0.05, 0) is 25.6 Å². The van der Waals surface area contributed by atoms with Gasteiger partial charge in [0.05, 0.1) is 18.7 Å². The Balaban J connectivity index is 2.55. The van der Waals surface area contributed by atoms with Crippen LogP contribution in [-0.2, 0) is 4.79 Å². The van der Waals surface area contributed by atoms with E-state index in [-0.39, 0.29) is 41.8 Å². The summed E-state index contributed by atoms with van der Waals surface area (Å²) in [6.07, 6.45) is 0.857. The van der Waals surface area contributed by atoms with Crippen LogP contribution in [0.3, 0.4) is 0 Å². The minimum absolute atomic E-state index is 0.0118. The first-order valence-electron chi connectivity index (χ1n) is 6.44. The van der Waals surface area contributed by atoms with E-state index in [9.17, 15) is 14.7 Å². The van der Waals surface area contributed by atoms with E-state index in [1.54, 1.807) is 11.9 Å². The monoisotopic (exact) mass is 280 g/mol. The number of carbonyl (C=O) groups is 2. The molecule has 1 amide bonds. The summed E-state index contributed by atoms with van der Waals surface area (Å²) in [5.41, 5.74) is 0.128. The molecule has 6 nitrogen and oxygen atoms in total. The lowest BCUT2D eigenvalue weighted by molar-refractivity contribution is -0.121. The van der Waals surface area contributed by atoms with Gasteiger partial charge in [-0.1, -0.05) is 6.92 Å². The van der Waals surface area contributed by atoms with Crippen LogP contribution in [0.2, 0.25) is 0 Å². The molecule has 110 valence electrons. The average molecular weight is 280 g/mol. The van der Waals surface area contributed by atoms with Crippen LogP contribution in [0.4, 0.5) is 0 Å². The van der Waals surface area contributed by atoms with Gasteiger partial charge in [0.15, 0.2) is 5.78 Å². The van der Waals surface area contributed by atoms with Crippen molar-refractivity contribution in [1.82, 2.24) is 10.2 Å². The number of aromatic hydroxyl groups is 2. The molecular formula is C14H20N2O4. The Morgan fingerprint density at radius 1 is 1.25 bits per heavy atom. The molecule has 1 rings (SSSR count). The van der Waals surface area contributed by atoms with Crippen LogP contribution in [0.5, 0.6) is 11.5 Å². The molecule has 0 heterocycles. The third kappa shape index (κ3) is 4.89. The first kappa shape index (κ1) is 16.0. The predicted octanol–water partition coefficient (Wildman–Crippen LogP) is 0.738. The van der Waals surface area contributed by atoms with Crippen molar-refractivity contribution in [2.45, 2.75) is 13.3 Å². The smallest absolute Gasteiger partial charge is 0.234 e. The molecule has 0 unspecified atom stereocenters. The molecule has 1 aromatic carbocycles. The molecule has 0 bridgehead atoms. The largest absolute Gasteiger partial charge is 0.508 e. The van der Waals surface area contributed by atoms with E-state index in [1.165, 1.54) is 12.1 Å². The number of amides is 1. The van der Waals surface area contributed by atoms with Gasteiger partial charge in [0.25, 0.3) is 0 Å². The fourth-order valence-corrected chi connectivity index (χ4v) is 1.71. The van der Waals surface area contributed by atoms with Gasteiger partial charge in [0, 0.05) is 12.6 Å².